The molecule has 1 aromatic heterocycles. The van der Waals surface area contributed by atoms with Gasteiger partial charge in [-0.05, 0) is 19.4 Å². The van der Waals surface area contributed by atoms with Crippen LogP contribution < -0.4 is 10.6 Å². The Morgan fingerprint density at radius 1 is 1.64 bits per heavy atom. The van der Waals surface area contributed by atoms with Crippen LogP contribution in [0.4, 0.5) is 11.8 Å². The molecule has 0 aliphatic heterocycles. The van der Waals surface area contributed by atoms with Gasteiger partial charge in [0.15, 0.2) is 0 Å². The van der Waals surface area contributed by atoms with Crippen molar-refractivity contribution in [3.05, 3.63) is 12.3 Å². The quantitative estimate of drug-likeness (QED) is 0.722. The highest BCUT2D eigenvalue weighted by Crippen LogP contribution is 2.07. The molecule has 78 valence electrons. The van der Waals surface area contributed by atoms with Gasteiger partial charge in [-0.1, -0.05) is 0 Å². The molecular weight excluding hydrogens is 180 g/mol. The Morgan fingerprint density at radius 2 is 2.36 bits per heavy atom. The summed E-state index contributed by atoms with van der Waals surface area (Å²) in [6.45, 7) is 2.47. The van der Waals surface area contributed by atoms with Gasteiger partial charge < -0.3 is 15.7 Å². The van der Waals surface area contributed by atoms with Crippen LogP contribution in [-0.2, 0) is 0 Å². The molecule has 1 aromatic rings. The van der Waals surface area contributed by atoms with Crippen molar-refractivity contribution < 1.29 is 5.11 Å². The molecule has 0 bridgehead atoms. The highest BCUT2D eigenvalue weighted by atomic mass is 16.3. The Bertz CT molecular complexity index is 290. The molecule has 1 rings (SSSR count). The monoisotopic (exact) mass is 196 g/mol. The van der Waals surface area contributed by atoms with Crippen LogP contribution >= 0.6 is 0 Å². The lowest BCUT2D eigenvalue weighted by atomic mass is 10.3. The fraction of sp³-hybridized carbons (Fsp3) is 0.556. The number of rotatable bonds is 4. The summed E-state index contributed by atoms with van der Waals surface area (Å²) >= 11 is 0. The standard InChI is InChI=1S/C9H16N4O/c1-7(14)4-6-13(2)9-11-5-3-8(10)12-9/h3,5,7,14H,4,6H2,1-2H3,(H2,10,11,12). The number of aromatic nitrogens is 2. The summed E-state index contributed by atoms with van der Waals surface area (Å²) in [6.07, 6.45) is 2.00. The van der Waals surface area contributed by atoms with Crippen molar-refractivity contribution in [1.82, 2.24) is 9.97 Å². The molecule has 0 radical (unpaired) electrons. The molecule has 0 aromatic carbocycles. The van der Waals surface area contributed by atoms with E-state index in [1.165, 1.54) is 0 Å². The predicted octanol–water partition coefficient (Wildman–Crippen LogP) is 0.266. The number of hydrogen-bond donors (Lipinski definition) is 2. The van der Waals surface area contributed by atoms with E-state index in [1.54, 1.807) is 19.2 Å². The Labute approximate surface area is 83.6 Å². The molecule has 0 fully saturated rings. The van der Waals surface area contributed by atoms with Gasteiger partial charge in [-0.15, -0.1) is 0 Å². The molecule has 1 unspecified atom stereocenters. The number of nitrogens with zero attached hydrogens (tertiary/aromatic N) is 3. The van der Waals surface area contributed by atoms with Gasteiger partial charge in [0.05, 0.1) is 6.10 Å². The molecule has 3 N–H and O–H groups in total. The second-order valence-corrected chi connectivity index (χ2v) is 3.34. The first-order chi connectivity index (χ1) is 6.59. The molecule has 0 saturated carbocycles. The predicted molar refractivity (Wildman–Crippen MR) is 56.0 cm³/mol. The molecule has 0 saturated heterocycles. The SMILES string of the molecule is CC(O)CCN(C)c1nccc(N)n1. The fourth-order valence-corrected chi connectivity index (χ4v) is 1.03. The number of aliphatic hydroxyl groups is 1. The molecule has 0 aliphatic carbocycles. The molecule has 5 nitrogen and oxygen atoms in total. The van der Waals surface area contributed by atoms with E-state index >= 15 is 0 Å². The lowest BCUT2D eigenvalue weighted by Crippen LogP contribution is -2.23. The minimum Gasteiger partial charge on any atom is -0.393 e. The van der Waals surface area contributed by atoms with Crippen molar-refractivity contribution >= 4 is 11.8 Å². The summed E-state index contributed by atoms with van der Waals surface area (Å²) in [5, 5.41) is 9.11. The zero-order valence-electron chi connectivity index (χ0n) is 8.51. The summed E-state index contributed by atoms with van der Waals surface area (Å²) in [5.74, 6) is 1.05. The van der Waals surface area contributed by atoms with Crippen LogP contribution in [0.3, 0.4) is 0 Å². The lowest BCUT2D eigenvalue weighted by Gasteiger charge is -2.17. The van der Waals surface area contributed by atoms with E-state index in [4.69, 9.17) is 10.8 Å². The Hall–Kier alpha value is -1.36. The summed E-state index contributed by atoms with van der Waals surface area (Å²) in [7, 11) is 1.87. The van der Waals surface area contributed by atoms with E-state index in [9.17, 15) is 0 Å². The van der Waals surface area contributed by atoms with Gasteiger partial charge in [-0.2, -0.15) is 4.98 Å². The third-order valence-corrected chi connectivity index (χ3v) is 1.89. The molecule has 0 amide bonds. The van der Waals surface area contributed by atoms with Gasteiger partial charge in [0.25, 0.3) is 0 Å². The first-order valence-electron chi connectivity index (χ1n) is 4.57. The average Bonchev–Trinajstić information content (AvgIpc) is 2.14. The van der Waals surface area contributed by atoms with Gasteiger partial charge in [-0.3, -0.25) is 0 Å². The molecule has 14 heavy (non-hydrogen) atoms. The first kappa shape index (κ1) is 10.7. The minimum atomic E-state index is -0.307. The normalized spacial score (nSPS) is 12.5. The first-order valence-corrected chi connectivity index (χ1v) is 4.57. The second-order valence-electron chi connectivity index (χ2n) is 3.34. The third kappa shape index (κ3) is 3.18. The number of nitrogens with two attached hydrogens (primary N) is 1. The van der Waals surface area contributed by atoms with Crippen molar-refractivity contribution in [3.63, 3.8) is 0 Å². The topological polar surface area (TPSA) is 75.3 Å². The van der Waals surface area contributed by atoms with Gasteiger partial charge in [0.2, 0.25) is 5.95 Å². The van der Waals surface area contributed by atoms with E-state index < -0.39 is 0 Å². The number of hydrogen-bond acceptors (Lipinski definition) is 5. The maximum atomic E-state index is 9.11. The van der Waals surface area contributed by atoms with Gasteiger partial charge >= 0.3 is 0 Å². The molecule has 0 spiro atoms. The Kier molecular flexibility index (Phi) is 3.64. The zero-order chi connectivity index (χ0) is 10.6. The van der Waals surface area contributed by atoms with Gasteiger partial charge in [-0.25, -0.2) is 4.98 Å². The summed E-state index contributed by atoms with van der Waals surface area (Å²) in [5.41, 5.74) is 5.53. The highest BCUT2D eigenvalue weighted by molar-refractivity contribution is 5.36. The van der Waals surface area contributed by atoms with E-state index in [1.807, 2.05) is 11.9 Å². The Morgan fingerprint density at radius 3 is 2.93 bits per heavy atom. The highest BCUT2D eigenvalue weighted by Gasteiger charge is 2.05. The van der Waals surface area contributed by atoms with E-state index in [2.05, 4.69) is 9.97 Å². The van der Waals surface area contributed by atoms with Crippen molar-refractivity contribution in [2.75, 3.05) is 24.2 Å². The van der Waals surface area contributed by atoms with Crippen LogP contribution in [0, 0.1) is 0 Å². The molecule has 1 heterocycles. The number of aliphatic hydroxyl groups excluding tert-OH is 1. The average molecular weight is 196 g/mol. The molecule has 1 atom stereocenters. The maximum Gasteiger partial charge on any atom is 0.226 e. The number of anilines is 2. The summed E-state index contributed by atoms with van der Waals surface area (Å²) in [4.78, 5) is 10.00. The summed E-state index contributed by atoms with van der Waals surface area (Å²) in [6, 6.07) is 1.64. The lowest BCUT2D eigenvalue weighted by molar-refractivity contribution is 0.186. The van der Waals surface area contributed by atoms with E-state index in [-0.39, 0.29) is 6.10 Å². The largest absolute Gasteiger partial charge is 0.393 e. The van der Waals surface area contributed by atoms with Crippen molar-refractivity contribution in [2.24, 2.45) is 0 Å². The summed E-state index contributed by atoms with van der Waals surface area (Å²) < 4.78 is 0. The van der Waals surface area contributed by atoms with Crippen LogP contribution in [0.15, 0.2) is 12.3 Å². The number of nitrogen functional groups attached to an aromatic ring is 1. The van der Waals surface area contributed by atoms with Crippen molar-refractivity contribution in [3.8, 4) is 0 Å². The molecular formula is C9H16N4O. The molecule has 0 aliphatic rings. The van der Waals surface area contributed by atoms with Crippen LogP contribution in [-0.4, -0.2) is 34.8 Å². The zero-order valence-corrected chi connectivity index (χ0v) is 8.51. The van der Waals surface area contributed by atoms with Gasteiger partial charge in [0.1, 0.15) is 5.82 Å². The Balaban J connectivity index is 2.56. The van der Waals surface area contributed by atoms with Crippen LogP contribution in [0.2, 0.25) is 0 Å². The van der Waals surface area contributed by atoms with Crippen LogP contribution in [0.1, 0.15) is 13.3 Å². The van der Waals surface area contributed by atoms with Crippen molar-refractivity contribution in [1.29, 1.82) is 0 Å². The minimum absolute atomic E-state index is 0.307. The maximum absolute atomic E-state index is 9.11. The third-order valence-electron chi connectivity index (χ3n) is 1.89. The smallest absolute Gasteiger partial charge is 0.226 e. The van der Waals surface area contributed by atoms with E-state index in [0.29, 0.717) is 24.7 Å². The molecule has 5 heteroatoms. The van der Waals surface area contributed by atoms with Crippen LogP contribution in [0.5, 0.6) is 0 Å². The van der Waals surface area contributed by atoms with Crippen LogP contribution in [0.25, 0.3) is 0 Å². The van der Waals surface area contributed by atoms with Crippen molar-refractivity contribution in [2.45, 2.75) is 19.4 Å². The fourth-order valence-electron chi connectivity index (χ4n) is 1.03. The van der Waals surface area contributed by atoms with Gasteiger partial charge in [0, 0.05) is 19.8 Å². The van der Waals surface area contributed by atoms with E-state index in [0.717, 1.165) is 0 Å². The second kappa shape index (κ2) is 4.76.